The van der Waals surface area contributed by atoms with E-state index in [-0.39, 0.29) is 19.1 Å². The Morgan fingerprint density at radius 1 is 1.69 bits per heavy atom. The summed E-state index contributed by atoms with van der Waals surface area (Å²) in [7, 11) is 1.31. The molecule has 0 bridgehead atoms. The van der Waals surface area contributed by atoms with E-state index in [0.29, 0.717) is 10.9 Å². The summed E-state index contributed by atoms with van der Waals surface area (Å²) in [5.74, 6) is 0.454. The van der Waals surface area contributed by atoms with E-state index in [1.807, 2.05) is 6.92 Å². The standard InChI is InChI=1S/C8H14N4O3S/c1-6(4-13)5-16-8-9-10-11-12(8)3-7(14)15-2/h6,13H,3-5H2,1-2H3. The summed E-state index contributed by atoms with van der Waals surface area (Å²) < 4.78 is 5.90. The first-order valence-electron chi connectivity index (χ1n) is 4.74. The first-order valence-corrected chi connectivity index (χ1v) is 5.72. The predicted molar refractivity (Wildman–Crippen MR) is 56.8 cm³/mol. The molecule has 0 fully saturated rings. The van der Waals surface area contributed by atoms with E-state index in [1.165, 1.54) is 23.6 Å². The van der Waals surface area contributed by atoms with E-state index in [4.69, 9.17) is 5.11 Å². The maximum Gasteiger partial charge on any atom is 0.327 e. The van der Waals surface area contributed by atoms with Crippen molar-refractivity contribution >= 4 is 17.7 Å². The Morgan fingerprint density at radius 2 is 2.44 bits per heavy atom. The second-order valence-corrected chi connectivity index (χ2v) is 4.28. The van der Waals surface area contributed by atoms with E-state index < -0.39 is 5.97 Å². The van der Waals surface area contributed by atoms with E-state index in [9.17, 15) is 4.79 Å². The molecule has 7 nitrogen and oxygen atoms in total. The summed E-state index contributed by atoms with van der Waals surface area (Å²) in [5.41, 5.74) is 0. The Hall–Kier alpha value is -1.15. The van der Waals surface area contributed by atoms with Crippen LogP contribution in [0, 0.1) is 5.92 Å². The zero-order valence-corrected chi connectivity index (χ0v) is 9.98. The first-order chi connectivity index (χ1) is 7.67. The first kappa shape index (κ1) is 12.9. The summed E-state index contributed by atoms with van der Waals surface area (Å²) >= 11 is 1.40. The van der Waals surface area contributed by atoms with Crippen LogP contribution in [0.3, 0.4) is 0 Å². The number of hydrogen-bond acceptors (Lipinski definition) is 7. The van der Waals surface area contributed by atoms with Crippen LogP contribution in [0.15, 0.2) is 5.16 Å². The van der Waals surface area contributed by atoms with Gasteiger partial charge >= 0.3 is 5.97 Å². The van der Waals surface area contributed by atoms with Crippen LogP contribution in [0.1, 0.15) is 6.92 Å². The van der Waals surface area contributed by atoms with Gasteiger partial charge in [-0.2, -0.15) is 0 Å². The third-order valence-corrected chi connectivity index (χ3v) is 3.10. The van der Waals surface area contributed by atoms with Gasteiger partial charge in [-0.3, -0.25) is 4.79 Å². The Labute approximate surface area is 97.2 Å². The highest BCUT2D eigenvalue weighted by atomic mass is 32.2. The van der Waals surface area contributed by atoms with Gasteiger partial charge in [0.15, 0.2) is 0 Å². The number of carbonyl (C=O) groups is 1. The number of thioether (sulfide) groups is 1. The van der Waals surface area contributed by atoms with Crippen molar-refractivity contribution in [1.82, 2.24) is 20.2 Å². The molecule has 0 aliphatic carbocycles. The van der Waals surface area contributed by atoms with Crippen LogP contribution < -0.4 is 0 Å². The van der Waals surface area contributed by atoms with Crippen molar-refractivity contribution in [2.24, 2.45) is 5.92 Å². The Kier molecular flexibility index (Phi) is 5.20. The Morgan fingerprint density at radius 3 is 3.06 bits per heavy atom. The quantitative estimate of drug-likeness (QED) is 0.538. The van der Waals surface area contributed by atoms with E-state index in [2.05, 4.69) is 20.3 Å². The largest absolute Gasteiger partial charge is 0.468 e. The molecule has 0 amide bonds. The summed E-state index contributed by atoms with van der Waals surface area (Å²) in [6.45, 7) is 2.03. The maximum absolute atomic E-state index is 11.0. The van der Waals surface area contributed by atoms with E-state index in [0.717, 1.165) is 0 Å². The maximum atomic E-state index is 11.0. The molecule has 8 heteroatoms. The highest BCUT2D eigenvalue weighted by Gasteiger charge is 2.12. The molecule has 0 aromatic carbocycles. The molecule has 90 valence electrons. The molecule has 1 aromatic rings. The molecule has 0 spiro atoms. The molecule has 0 saturated carbocycles. The molecule has 1 atom stereocenters. The second kappa shape index (κ2) is 6.44. The summed E-state index contributed by atoms with van der Waals surface area (Å²) in [5, 5.41) is 20.4. The van der Waals surface area contributed by atoms with Crippen molar-refractivity contribution in [2.45, 2.75) is 18.6 Å². The highest BCUT2D eigenvalue weighted by molar-refractivity contribution is 7.99. The van der Waals surface area contributed by atoms with Gasteiger partial charge in [0, 0.05) is 12.4 Å². The third-order valence-electron chi connectivity index (χ3n) is 1.81. The van der Waals surface area contributed by atoms with Gasteiger partial charge in [0.1, 0.15) is 6.54 Å². The lowest BCUT2D eigenvalue weighted by Crippen LogP contribution is -2.14. The molecule has 1 N–H and O–H groups in total. The molecule has 0 aliphatic heterocycles. The highest BCUT2D eigenvalue weighted by Crippen LogP contribution is 2.16. The molecule has 16 heavy (non-hydrogen) atoms. The van der Waals surface area contributed by atoms with Gasteiger partial charge in [0.25, 0.3) is 0 Å². The molecule has 0 aliphatic rings. The summed E-state index contributed by atoms with van der Waals surface area (Å²) in [4.78, 5) is 11.0. The van der Waals surface area contributed by atoms with Crippen molar-refractivity contribution in [3.63, 3.8) is 0 Å². The summed E-state index contributed by atoms with van der Waals surface area (Å²) in [6.07, 6.45) is 0. The van der Waals surface area contributed by atoms with Gasteiger partial charge in [0.05, 0.1) is 7.11 Å². The lowest BCUT2D eigenvalue weighted by atomic mass is 10.2. The smallest absolute Gasteiger partial charge is 0.327 e. The van der Waals surface area contributed by atoms with Gasteiger partial charge < -0.3 is 9.84 Å². The molecule has 1 aromatic heterocycles. The normalized spacial score (nSPS) is 12.4. The average molecular weight is 246 g/mol. The SMILES string of the molecule is COC(=O)Cn1nnnc1SCC(C)CO. The molecule has 1 heterocycles. The van der Waals surface area contributed by atoms with E-state index in [1.54, 1.807) is 0 Å². The average Bonchev–Trinajstić information content (AvgIpc) is 2.73. The predicted octanol–water partition coefficient (Wildman–Crippen LogP) is -0.433. The number of nitrogens with zero attached hydrogens (tertiary/aromatic N) is 4. The number of aromatic nitrogens is 4. The van der Waals surface area contributed by atoms with Gasteiger partial charge in [-0.05, 0) is 16.3 Å². The number of aliphatic hydroxyl groups excluding tert-OH is 1. The van der Waals surface area contributed by atoms with Crippen LogP contribution in [-0.2, 0) is 16.1 Å². The fraction of sp³-hybridized carbons (Fsp3) is 0.750. The van der Waals surface area contributed by atoms with Gasteiger partial charge in [-0.1, -0.05) is 18.7 Å². The minimum atomic E-state index is -0.399. The lowest BCUT2D eigenvalue weighted by Gasteiger charge is -2.06. The van der Waals surface area contributed by atoms with Crippen LogP contribution in [0.2, 0.25) is 0 Å². The van der Waals surface area contributed by atoms with Crippen molar-refractivity contribution in [3.05, 3.63) is 0 Å². The van der Waals surface area contributed by atoms with Crippen molar-refractivity contribution in [1.29, 1.82) is 0 Å². The molecule has 1 unspecified atom stereocenters. The fourth-order valence-corrected chi connectivity index (χ4v) is 1.74. The number of rotatable bonds is 6. The van der Waals surface area contributed by atoms with Crippen LogP contribution in [0.25, 0.3) is 0 Å². The zero-order chi connectivity index (χ0) is 12.0. The van der Waals surface area contributed by atoms with Crippen LogP contribution in [-0.4, -0.2) is 50.8 Å². The number of methoxy groups -OCH3 is 1. The minimum absolute atomic E-state index is 0.000655. The van der Waals surface area contributed by atoms with E-state index >= 15 is 0 Å². The number of carbonyl (C=O) groups excluding carboxylic acids is 1. The van der Waals surface area contributed by atoms with Gasteiger partial charge in [-0.25, -0.2) is 4.68 Å². The third kappa shape index (κ3) is 3.78. The van der Waals surface area contributed by atoms with Crippen molar-refractivity contribution < 1.29 is 14.6 Å². The lowest BCUT2D eigenvalue weighted by molar-refractivity contribution is -0.141. The summed E-state index contributed by atoms with van der Waals surface area (Å²) in [6, 6.07) is 0. The minimum Gasteiger partial charge on any atom is -0.468 e. The topological polar surface area (TPSA) is 90.1 Å². The number of aliphatic hydroxyl groups is 1. The molecular weight excluding hydrogens is 232 g/mol. The molecule has 0 saturated heterocycles. The zero-order valence-electron chi connectivity index (χ0n) is 9.16. The fourth-order valence-electron chi connectivity index (χ4n) is 0.855. The Bertz CT molecular complexity index is 344. The van der Waals surface area contributed by atoms with Crippen LogP contribution in [0.4, 0.5) is 0 Å². The molecule has 0 radical (unpaired) electrons. The molecule has 1 rings (SSSR count). The van der Waals surface area contributed by atoms with Crippen molar-refractivity contribution in [3.8, 4) is 0 Å². The second-order valence-electron chi connectivity index (χ2n) is 3.29. The number of tetrazole rings is 1. The number of hydrogen-bond donors (Lipinski definition) is 1. The number of ether oxygens (including phenoxy) is 1. The Balaban J connectivity index is 2.53. The molecular formula is C8H14N4O3S. The van der Waals surface area contributed by atoms with Crippen molar-refractivity contribution in [2.75, 3.05) is 19.5 Å². The monoisotopic (exact) mass is 246 g/mol. The van der Waals surface area contributed by atoms with Gasteiger partial charge in [0.2, 0.25) is 5.16 Å². The van der Waals surface area contributed by atoms with Crippen LogP contribution in [0.5, 0.6) is 0 Å². The van der Waals surface area contributed by atoms with Gasteiger partial charge in [-0.15, -0.1) is 5.10 Å². The number of esters is 1. The van der Waals surface area contributed by atoms with Crippen LogP contribution >= 0.6 is 11.8 Å².